The van der Waals surface area contributed by atoms with Gasteiger partial charge in [0.05, 0.1) is 6.61 Å². The summed E-state index contributed by atoms with van der Waals surface area (Å²) in [4.78, 5) is 14.4. The van der Waals surface area contributed by atoms with E-state index in [-0.39, 0.29) is 18.3 Å². The standard InChI is InChI=1S/C19H20FNO3/c1-24-12-16-3-2-15(11-18(16)20)19(23)21-8-6-13-4-5-17(22)10-14(13)7-9-21/h2-5,10-11,22H,6-9,12H2,1H3. The van der Waals surface area contributed by atoms with Crippen molar-refractivity contribution in [2.75, 3.05) is 20.2 Å². The third kappa shape index (κ3) is 3.41. The number of halogens is 1. The molecule has 0 unspecified atom stereocenters. The summed E-state index contributed by atoms with van der Waals surface area (Å²) in [7, 11) is 1.51. The van der Waals surface area contributed by atoms with Crippen molar-refractivity contribution in [2.45, 2.75) is 19.4 Å². The molecule has 1 N–H and O–H groups in total. The summed E-state index contributed by atoms with van der Waals surface area (Å²) in [6.45, 7) is 1.32. The summed E-state index contributed by atoms with van der Waals surface area (Å²) in [5.74, 6) is -0.357. The summed E-state index contributed by atoms with van der Waals surface area (Å²) < 4.78 is 19.0. The molecule has 24 heavy (non-hydrogen) atoms. The SMILES string of the molecule is COCc1ccc(C(=O)N2CCc3ccc(O)cc3CC2)cc1F. The summed E-state index contributed by atoms with van der Waals surface area (Å²) in [5, 5.41) is 9.60. The fourth-order valence-electron chi connectivity index (χ4n) is 3.05. The van der Waals surface area contributed by atoms with Gasteiger partial charge in [-0.1, -0.05) is 12.1 Å². The van der Waals surface area contributed by atoms with Crippen LogP contribution in [0.4, 0.5) is 4.39 Å². The molecule has 0 bridgehead atoms. The molecule has 0 radical (unpaired) electrons. The maximum Gasteiger partial charge on any atom is 0.253 e. The van der Waals surface area contributed by atoms with Gasteiger partial charge in [0.1, 0.15) is 11.6 Å². The Hall–Kier alpha value is -2.40. The van der Waals surface area contributed by atoms with Crippen molar-refractivity contribution < 1.29 is 19.0 Å². The van der Waals surface area contributed by atoms with E-state index in [0.29, 0.717) is 30.6 Å². The minimum absolute atomic E-state index is 0.171. The molecule has 0 aliphatic carbocycles. The molecule has 2 aromatic rings. The molecule has 2 aromatic carbocycles. The van der Waals surface area contributed by atoms with Crippen LogP contribution in [-0.4, -0.2) is 36.1 Å². The van der Waals surface area contributed by atoms with E-state index in [2.05, 4.69) is 0 Å². The van der Waals surface area contributed by atoms with Crippen LogP contribution in [0.25, 0.3) is 0 Å². The molecule has 0 aromatic heterocycles. The lowest BCUT2D eigenvalue weighted by Gasteiger charge is -2.20. The number of carbonyl (C=O) groups excluding carboxylic acids is 1. The van der Waals surface area contributed by atoms with Gasteiger partial charge in [-0.05, 0) is 48.2 Å². The predicted octanol–water partition coefficient (Wildman–Crippen LogP) is 2.92. The van der Waals surface area contributed by atoms with Gasteiger partial charge in [-0.25, -0.2) is 4.39 Å². The second kappa shape index (κ2) is 7.01. The average molecular weight is 329 g/mol. The van der Waals surface area contributed by atoms with Gasteiger partial charge in [0, 0.05) is 31.3 Å². The van der Waals surface area contributed by atoms with Crippen LogP contribution in [-0.2, 0) is 24.2 Å². The molecule has 0 saturated heterocycles. The van der Waals surface area contributed by atoms with Crippen molar-refractivity contribution in [3.63, 3.8) is 0 Å². The lowest BCUT2D eigenvalue weighted by atomic mass is 10.0. The molecule has 126 valence electrons. The zero-order chi connectivity index (χ0) is 17.1. The maximum atomic E-state index is 14.0. The minimum Gasteiger partial charge on any atom is -0.508 e. The van der Waals surface area contributed by atoms with Gasteiger partial charge in [0.2, 0.25) is 0 Å². The van der Waals surface area contributed by atoms with E-state index in [1.165, 1.54) is 13.2 Å². The highest BCUT2D eigenvalue weighted by Crippen LogP contribution is 2.22. The zero-order valence-electron chi connectivity index (χ0n) is 13.6. The van der Waals surface area contributed by atoms with Crippen LogP contribution in [0.15, 0.2) is 36.4 Å². The van der Waals surface area contributed by atoms with Crippen molar-refractivity contribution in [1.82, 2.24) is 4.90 Å². The molecule has 0 spiro atoms. The normalized spacial score (nSPS) is 14.2. The van der Waals surface area contributed by atoms with Crippen LogP contribution in [0.3, 0.4) is 0 Å². The molecule has 1 aliphatic rings. The molecule has 1 amide bonds. The Morgan fingerprint density at radius 1 is 1.17 bits per heavy atom. The van der Waals surface area contributed by atoms with Gasteiger partial charge in [0.15, 0.2) is 0 Å². The van der Waals surface area contributed by atoms with E-state index in [1.807, 2.05) is 6.07 Å². The van der Waals surface area contributed by atoms with E-state index in [1.54, 1.807) is 29.2 Å². The van der Waals surface area contributed by atoms with Crippen LogP contribution < -0.4 is 0 Å². The monoisotopic (exact) mass is 329 g/mol. The zero-order valence-corrected chi connectivity index (χ0v) is 13.6. The number of amides is 1. The average Bonchev–Trinajstić information content (AvgIpc) is 2.78. The van der Waals surface area contributed by atoms with Crippen LogP contribution in [0.1, 0.15) is 27.0 Å². The second-order valence-corrected chi connectivity index (χ2v) is 5.98. The van der Waals surface area contributed by atoms with Crippen LogP contribution in [0.5, 0.6) is 5.75 Å². The number of aromatic hydroxyl groups is 1. The van der Waals surface area contributed by atoms with E-state index in [0.717, 1.165) is 17.5 Å². The number of phenolic OH excluding ortho intramolecular Hbond substituents is 1. The Balaban J connectivity index is 1.75. The Kier molecular flexibility index (Phi) is 4.81. The van der Waals surface area contributed by atoms with E-state index >= 15 is 0 Å². The first kappa shape index (κ1) is 16.5. The molecular formula is C19H20FNO3. The fraction of sp³-hybridized carbons (Fsp3) is 0.316. The van der Waals surface area contributed by atoms with Crippen molar-refractivity contribution in [2.24, 2.45) is 0 Å². The minimum atomic E-state index is -0.425. The number of benzene rings is 2. The molecule has 1 heterocycles. The van der Waals surface area contributed by atoms with Gasteiger partial charge < -0.3 is 14.7 Å². The third-order valence-corrected chi connectivity index (χ3v) is 4.38. The van der Waals surface area contributed by atoms with Crippen molar-refractivity contribution in [3.05, 3.63) is 64.5 Å². The number of phenols is 1. The number of ether oxygens (including phenoxy) is 1. The van der Waals surface area contributed by atoms with Crippen molar-refractivity contribution >= 4 is 5.91 Å². The highest BCUT2D eigenvalue weighted by atomic mass is 19.1. The number of carbonyl (C=O) groups is 1. The van der Waals surface area contributed by atoms with Gasteiger partial charge >= 0.3 is 0 Å². The quantitative estimate of drug-likeness (QED) is 0.942. The van der Waals surface area contributed by atoms with E-state index < -0.39 is 5.82 Å². The highest BCUT2D eigenvalue weighted by molar-refractivity contribution is 5.94. The van der Waals surface area contributed by atoms with Gasteiger partial charge in [-0.2, -0.15) is 0 Å². The molecule has 0 fully saturated rings. The van der Waals surface area contributed by atoms with E-state index in [4.69, 9.17) is 4.74 Å². The molecule has 4 nitrogen and oxygen atoms in total. The van der Waals surface area contributed by atoms with Gasteiger partial charge in [-0.3, -0.25) is 4.79 Å². The first-order chi connectivity index (χ1) is 11.6. The highest BCUT2D eigenvalue weighted by Gasteiger charge is 2.21. The molecule has 0 atom stereocenters. The molecular weight excluding hydrogens is 309 g/mol. The Morgan fingerprint density at radius 3 is 2.62 bits per heavy atom. The topological polar surface area (TPSA) is 49.8 Å². The Bertz CT molecular complexity index is 760. The van der Waals surface area contributed by atoms with Crippen LogP contribution >= 0.6 is 0 Å². The van der Waals surface area contributed by atoms with Crippen LogP contribution in [0.2, 0.25) is 0 Å². The number of hydrogen-bond acceptors (Lipinski definition) is 3. The number of nitrogens with zero attached hydrogens (tertiary/aromatic N) is 1. The summed E-state index contributed by atoms with van der Waals surface area (Å²) in [6, 6.07) is 9.83. The summed E-state index contributed by atoms with van der Waals surface area (Å²) in [5.41, 5.74) is 2.99. The Morgan fingerprint density at radius 2 is 1.92 bits per heavy atom. The van der Waals surface area contributed by atoms with Crippen molar-refractivity contribution in [3.8, 4) is 5.75 Å². The largest absolute Gasteiger partial charge is 0.508 e. The fourth-order valence-corrected chi connectivity index (χ4v) is 3.05. The number of methoxy groups -OCH3 is 1. The molecule has 0 saturated carbocycles. The van der Waals surface area contributed by atoms with Crippen LogP contribution in [0, 0.1) is 5.82 Å². The predicted molar refractivity (Wildman–Crippen MR) is 88.5 cm³/mol. The smallest absolute Gasteiger partial charge is 0.253 e. The number of rotatable bonds is 3. The van der Waals surface area contributed by atoms with Crippen molar-refractivity contribution in [1.29, 1.82) is 0 Å². The molecule has 1 aliphatic heterocycles. The van der Waals surface area contributed by atoms with Gasteiger partial charge in [-0.15, -0.1) is 0 Å². The third-order valence-electron chi connectivity index (χ3n) is 4.38. The lowest BCUT2D eigenvalue weighted by molar-refractivity contribution is 0.0762. The van der Waals surface area contributed by atoms with Gasteiger partial charge in [0.25, 0.3) is 5.91 Å². The number of hydrogen-bond donors (Lipinski definition) is 1. The first-order valence-corrected chi connectivity index (χ1v) is 7.96. The first-order valence-electron chi connectivity index (χ1n) is 7.96. The molecule has 5 heteroatoms. The lowest BCUT2D eigenvalue weighted by Crippen LogP contribution is -2.33. The second-order valence-electron chi connectivity index (χ2n) is 5.98. The summed E-state index contributed by atoms with van der Waals surface area (Å²) >= 11 is 0. The molecule has 3 rings (SSSR count). The summed E-state index contributed by atoms with van der Waals surface area (Å²) in [6.07, 6.45) is 1.41. The Labute approximate surface area is 140 Å². The number of fused-ring (bicyclic) bond motifs is 1. The van der Waals surface area contributed by atoms with E-state index in [9.17, 15) is 14.3 Å². The maximum absolute atomic E-state index is 14.0.